The van der Waals surface area contributed by atoms with Gasteiger partial charge in [-0.3, -0.25) is 0 Å². The van der Waals surface area contributed by atoms with E-state index in [2.05, 4.69) is 17.2 Å². The zero-order valence-corrected chi connectivity index (χ0v) is 11.4. The van der Waals surface area contributed by atoms with Crippen molar-refractivity contribution in [3.05, 3.63) is 35.1 Å². The minimum Gasteiger partial charge on any atom is -0.310 e. The van der Waals surface area contributed by atoms with Gasteiger partial charge in [0.1, 0.15) is 5.82 Å². The van der Waals surface area contributed by atoms with Crippen LogP contribution in [0.4, 0.5) is 17.6 Å². The van der Waals surface area contributed by atoms with Crippen LogP contribution in [-0.2, 0) is 6.18 Å². The maximum atomic E-state index is 14.1. The Morgan fingerprint density at radius 2 is 2.00 bits per heavy atom. The van der Waals surface area contributed by atoms with Crippen molar-refractivity contribution in [1.82, 2.24) is 5.32 Å². The van der Waals surface area contributed by atoms with Gasteiger partial charge in [-0.05, 0) is 26.0 Å². The number of alkyl halides is 3. The zero-order valence-electron chi connectivity index (χ0n) is 11.4. The molecule has 110 valence electrons. The standard InChI is InChI=1S/C15H17F4N/c1-3-5-6-10-13(20-4-2)11-8-7-9-12(14(11)16)15(17,18)19/h7-9,13,20H,4,6,10H2,1-2H3. The van der Waals surface area contributed by atoms with Crippen molar-refractivity contribution < 1.29 is 17.6 Å². The van der Waals surface area contributed by atoms with Gasteiger partial charge in [-0.15, -0.1) is 11.8 Å². The summed E-state index contributed by atoms with van der Waals surface area (Å²) in [6.45, 7) is 4.05. The van der Waals surface area contributed by atoms with E-state index < -0.39 is 23.6 Å². The lowest BCUT2D eigenvalue weighted by Gasteiger charge is -2.20. The first-order chi connectivity index (χ1) is 9.41. The van der Waals surface area contributed by atoms with E-state index in [4.69, 9.17) is 0 Å². The third-order valence-electron chi connectivity index (χ3n) is 2.89. The maximum absolute atomic E-state index is 14.1. The molecule has 0 spiro atoms. The number of nitrogens with one attached hydrogen (secondary N) is 1. The summed E-state index contributed by atoms with van der Waals surface area (Å²) in [7, 11) is 0. The summed E-state index contributed by atoms with van der Waals surface area (Å²) in [5, 5.41) is 3.00. The van der Waals surface area contributed by atoms with Gasteiger partial charge in [0, 0.05) is 18.0 Å². The van der Waals surface area contributed by atoms with Crippen LogP contribution in [0.3, 0.4) is 0 Å². The molecule has 1 aromatic carbocycles. The third kappa shape index (κ3) is 4.24. The van der Waals surface area contributed by atoms with Crippen molar-refractivity contribution >= 4 is 0 Å². The molecule has 5 heteroatoms. The molecule has 0 bridgehead atoms. The van der Waals surface area contributed by atoms with Crippen molar-refractivity contribution in [2.45, 2.75) is 38.9 Å². The number of rotatable bonds is 5. The lowest BCUT2D eigenvalue weighted by Crippen LogP contribution is -2.23. The molecule has 0 heterocycles. The fourth-order valence-corrected chi connectivity index (χ4v) is 1.99. The summed E-state index contributed by atoms with van der Waals surface area (Å²) < 4.78 is 52.2. The van der Waals surface area contributed by atoms with E-state index in [1.165, 1.54) is 12.1 Å². The normalized spacial score (nSPS) is 12.7. The van der Waals surface area contributed by atoms with Gasteiger partial charge in [0.05, 0.1) is 5.56 Å². The fourth-order valence-electron chi connectivity index (χ4n) is 1.99. The molecule has 0 aliphatic rings. The fraction of sp³-hybridized carbons (Fsp3) is 0.467. The number of hydrogen-bond donors (Lipinski definition) is 1. The molecule has 1 rings (SSSR count). The first-order valence-corrected chi connectivity index (χ1v) is 6.40. The Kier molecular flexibility index (Phi) is 6.03. The highest BCUT2D eigenvalue weighted by Gasteiger charge is 2.35. The maximum Gasteiger partial charge on any atom is 0.419 e. The predicted molar refractivity (Wildman–Crippen MR) is 70.5 cm³/mol. The number of halogens is 4. The predicted octanol–water partition coefficient (Wildman–Crippen LogP) is 4.30. The largest absolute Gasteiger partial charge is 0.419 e. The van der Waals surface area contributed by atoms with E-state index >= 15 is 0 Å². The first-order valence-electron chi connectivity index (χ1n) is 6.40. The molecule has 1 aromatic rings. The molecule has 1 atom stereocenters. The molecule has 1 unspecified atom stereocenters. The number of hydrogen-bond acceptors (Lipinski definition) is 1. The molecule has 0 radical (unpaired) electrons. The molecule has 1 nitrogen and oxygen atoms in total. The first kappa shape index (κ1) is 16.5. The molecular formula is C15H17F4N. The second-order valence-electron chi connectivity index (χ2n) is 4.28. The SMILES string of the molecule is CC#CCCC(NCC)c1cccc(C(F)(F)F)c1F. The molecule has 20 heavy (non-hydrogen) atoms. The van der Waals surface area contributed by atoms with E-state index in [1.807, 2.05) is 6.92 Å². The molecule has 0 aliphatic heterocycles. The molecule has 0 aliphatic carbocycles. The van der Waals surface area contributed by atoms with E-state index in [9.17, 15) is 17.6 Å². The Labute approximate surface area is 116 Å². The van der Waals surface area contributed by atoms with Gasteiger partial charge in [-0.25, -0.2) is 4.39 Å². The third-order valence-corrected chi connectivity index (χ3v) is 2.89. The summed E-state index contributed by atoms with van der Waals surface area (Å²) in [4.78, 5) is 0. The molecule has 0 aromatic heterocycles. The van der Waals surface area contributed by atoms with E-state index in [0.717, 1.165) is 6.07 Å². The molecule has 0 amide bonds. The molecule has 0 fully saturated rings. The topological polar surface area (TPSA) is 12.0 Å². The monoisotopic (exact) mass is 287 g/mol. The smallest absolute Gasteiger partial charge is 0.310 e. The van der Waals surface area contributed by atoms with Crippen LogP contribution in [0.2, 0.25) is 0 Å². The highest BCUT2D eigenvalue weighted by atomic mass is 19.4. The van der Waals surface area contributed by atoms with Crippen LogP contribution in [-0.4, -0.2) is 6.54 Å². The van der Waals surface area contributed by atoms with Crippen LogP contribution in [0.25, 0.3) is 0 Å². The molecule has 1 N–H and O–H groups in total. The van der Waals surface area contributed by atoms with Gasteiger partial charge in [-0.1, -0.05) is 19.1 Å². The van der Waals surface area contributed by atoms with Crippen molar-refractivity contribution in [3.8, 4) is 11.8 Å². The second-order valence-corrected chi connectivity index (χ2v) is 4.28. The van der Waals surface area contributed by atoms with E-state index in [-0.39, 0.29) is 5.56 Å². The summed E-state index contributed by atoms with van der Waals surface area (Å²) in [5.74, 6) is 4.35. The Morgan fingerprint density at radius 3 is 2.55 bits per heavy atom. The van der Waals surface area contributed by atoms with Crippen LogP contribution in [0, 0.1) is 17.7 Å². The van der Waals surface area contributed by atoms with E-state index in [1.54, 1.807) is 6.92 Å². The van der Waals surface area contributed by atoms with Crippen LogP contribution in [0.5, 0.6) is 0 Å². The average molecular weight is 287 g/mol. The van der Waals surface area contributed by atoms with Gasteiger partial charge >= 0.3 is 6.18 Å². The van der Waals surface area contributed by atoms with Crippen molar-refractivity contribution in [3.63, 3.8) is 0 Å². The lowest BCUT2D eigenvalue weighted by molar-refractivity contribution is -0.140. The average Bonchev–Trinajstić information content (AvgIpc) is 2.37. The van der Waals surface area contributed by atoms with Crippen LogP contribution >= 0.6 is 0 Å². The quantitative estimate of drug-likeness (QED) is 0.629. The lowest BCUT2D eigenvalue weighted by atomic mass is 9.98. The van der Waals surface area contributed by atoms with Crippen LogP contribution < -0.4 is 5.32 Å². The zero-order chi connectivity index (χ0) is 15.2. The van der Waals surface area contributed by atoms with Crippen LogP contribution in [0.15, 0.2) is 18.2 Å². The summed E-state index contributed by atoms with van der Waals surface area (Å²) in [5.41, 5.74) is -1.18. The Morgan fingerprint density at radius 1 is 1.30 bits per heavy atom. The molecule has 0 saturated carbocycles. The number of benzene rings is 1. The molecular weight excluding hydrogens is 270 g/mol. The van der Waals surface area contributed by atoms with Gasteiger partial charge in [-0.2, -0.15) is 13.2 Å². The summed E-state index contributed by atoms with van der Waals surface area (Å²) in [6.07, 6.45) is -3.71. The Bertz CT molecular complexity index is 497. The molecule has 0 saturated heterocycles. The Hall–Kier alpha value is -1.54. The van der Waals surface area contributed by atoms with Crippen molar-refractivity contribution in [2.75, 3.05) is 6.54 Å². The second kappa shape index (κ2) is 7.30. The van der Waals surface area contributed by atoms with Gasteiger partial charge < -0.3 is 5.32 Å². The summed E-state index contributed by atoms with van der Waals surface area (Å²) in [6, 6.07) is 2.91. The van der Waals surface area contributed by atoms with Crippen molar-refractivity contribution in [2.24, 2.45) is 0 Å². The Balaban J connectivity index is 3.09. The summed E-state index contributed by atoms with van der Waals surface area (Å²) >= 11 is 0. The van der Waals surface area contributed by atoms with Crippen molar-refractivity contribution in [1.29, 1.82) is 0 Å². The van der Waals surface area contributed by atoms with Gasteiger partial charge in [0.15, 0.2) is 0 Å². The minimum absolute atomic E-state index is 0.0413. The van der Waals surface area contributed by atoms with Crippen LogP contribution in [0.1, 0.15) is 43.9 Å². The highest BCUT2D eigenvalue weighted by Crippen LogP contribution is 2.34. The highest BCUT2D eigenvalue weighted by molar-refractivity contribution is 5.30. The van der Waals surface area contributed by atoms with Gasteiger partial charge in [0.25, 0.3) is 0 Å². The van der Waals surface area contributed by atoms with Gasteiger partial charge in [0.2, 0.25) is 0 Å². The van der Waals surface area contributed by atoms with E-state index in [0.29, 0.717) is 19.4 Å². The minimum atomic E-state index is -4.68.